The molecule has 0 fully saturated rings. The zero-order valence-corrected chi connectivity index (χ0v) is 14.5. The number of amides is 1. The van der Waals surface area contributed by atoms with Gasteiger partial charge < -0.3 is 14.8 Å². The molecule has 1 amide bonds. The third-order valence-electron chi connectivity index (χ3n) is 3.57. The van der Waals surface area contributed by atoms with E-state index < -0.39 is 6.09 Å². The summed E-state index contributed by atoms with van der Waals surface area (Å²) >= 11 is 0. The Morgan fingerprint density at radius 1 is 1.00 bits per heavy atom. The summed E-state index contributed by atoms with van der Waals surface area (Å²) in [6.45, 7) is 7.57. The van der Waals surface area contributed by atoms with Gasteiger partial charge in [0.25, 0.3) is 0 Å². The highest BCUT2D eigenvalue weighted by Crippen LogP contribution is 2.22. The van der Waals surface area contributed by atoms with Crippen molar-refractivity contribution in [1.29, 1.82) is 0 Å². The Bertz CT molecular complexity index is 630. The van der Waals surface area contributed by atoms with Crippen molar-refractivity contribution >= 4 is 6.09 Å². The Hall–Kier alpha value is -2.49. The lowest BCUT2D eigenvalue weighted by molar-refractivity contribution is 0.137. The van der Waals surface area contributed by atoms with Gasteiger partial charge in [0.1, 0.15) is 19.0 Å². The molecule has 2 aromatic carbocycles. The van der Waals surface area contributed by atoms with Gasteiger partial charge in [-0.15, -0.1) is 0 Å². The van der Waals surface area contributed by atoms with Crippen LogP contribution in [-0.4, -0.2) is 19.2 Å². The van der Waals surface area contributed by atoms with E-state index in [1.54, 1.807) is 0 Å². The summed E-state index contributed by atoms with van der Waals surface area (Å²) in [7, 11) is 0. The van der Waals surface area contributed by atoms with Crippen LogP contribution in [0.15, 0.2) is 54.6 Å². The standard InChI is InChI=1S/C20H25NO3/c1-20(2,3)17-11-9-16(10-12-17)15-24-19(22)21-13-14-23-18-7-5-4-6-8-18/h4-12H,13-15H2,1-3H3,(H,21,22). The summed E-state index contributed by atoms with van der Waals surface area (Å²) in [4.78, 5) is 11.7. The number of nitrogens with one attached hydrogen (secondary N) is 1. The van der Waals surface area contributed by atoms with Crippen molar-refractivity contribution in [2.24, 2.45) is 0 Å². The first-order chi connectivity index (χ1) is 11.4. The van der Waals surface area contributed by atoms with Crippen LogP contribution in [0.5, 0.6) is 5.75 Å². The van der Waals surface area contributed by atoms with Gasteiger partial charge in [0, 0.05) is 0 Å². The van der Waals surface area contributed by atoms with Crippen molar-refractivity contribution in [2.75, 3.05) is 13.2 Å². The molecular formula is C20H25NO3. The Morgan fingerprint density at radius 3 is 2.29 bits per heavy atom. The van der Waals surface area contributed by atoms with Crippen molar-refractivity contribution in [3.63, 3.8) is 0 Å². The summed E-state index contributed by atoms with van der Waals surface area (Å²) < 4.78 is 10.7. The van der Waals surface area contributed by atoms with Gasteiger partial charge in [0.05, 0.1) is 6.54 Å². The number of alkyl carbamates (subject to hydrolysis) is 1. The molecule has 0 aromatic heterocycles. The van der Waals surface area contributed by atoms with E-state index in [9.17, 15) is 4.79 Å². The first-order valence-corrected chi connectivity index (χ1v) is 8.13. The van der Waals surface area contributed by atoms with Crippen LogP contribution in [-0.2, 0) is 16.8 Å². The van der Waals surface area contributed by atoms with Crippen LogP contribution < -0.4 is 10.1 Å². The van der Waals surface area contributed by atoms with Gasteiger partial charge in [-0.3, -0.25) is 0 Å². The number of benzene rings is 2. The zero-order valence-electron chi connectivity index (χ0n) is 14.5. The quantitative estimate of drug-likeness (QED) is 0.805. The molecule has 4 nitrogen and oxygen atoms in total. The first-order valence-electron chi connectivity index (χ1n) is 8.13. The van der Waals surface area contributed by atoms with E-state index in [2.05, 4.69) is 38.2 Å². The van der Waals surface area contributed by atoms with Crippen LogP contribution in [0.25, 0.3) is 0 Å². The van der Waals surface area contributed by atoms with E-state index in [1.807, 2.05) is 42.5 Å². The third-order valence-corrected chi connectivity index (χ3v) is 3.57. The molecule has 0 unspecified atom stereocenters. The average molecular weight is 327 g/mol. The minimum atomic E-state index is -0.438. The maximum absolute atomic E-state index is 11.7. The minimum absolute atomic E-state index is 0.121. The Labute approximate surface area is 143 Å². The predicted molar refractivity (Wildman–Crippen MR) is 95.3 cm³/mol. The number of rotatable bonds is 6. The van der Waals surface area contributed by atoms with Crippen molar-refractivity contribution in [2.45, 2.75) is 32.8 Å². The normalized spacial score (nSPS) is 11.0. The number of para-hydroxylation sites is 1. The Kier molecular flexibility index (Phi) is 6.24. The molecule has 0 aliphatic rings. The number of hydrogen-bond donors (Lipinski definition) is 1. The van der Waals surface area contributed by atoms with Gasteiger partial charge in [-0.2, -0.15) is 0 Å². The molecule has 0 atom stereocenters. The van der Waals surface area contributed by atoms with Gasteiger partial charge >= 0.3 is 6.09 Å². The van der Waals surface area contributed by atoms with E-state index in [-0.39, 0.29) is 12.0 Å². The lowest BCUT2D eigenvalue weighted by Crippen LogP contribution is -2.28. The monoisotopic (exact) mass is 327 g/mol. The second-order valence-electron chi connectivity index (χ2n) is 6.61. The molecule has 128 valence electrons. The minimum Gasteiger partial charge on any atom is -0.492 e. The Balaban J connectivity index is 1.66. The molecule has 0 radical (unpaired) electrons. The van der Waals surface area contributed by atoms with E-state index in [0.717, 1.165) is 11.3 Å². The topological polar surface area (TPSA) is 47.6 Å². The average Bonchev–Trinajstić information content (AvgIpc) is 2.57. The van der Waals surface area contributed by atoms with Crippen LogP contribution in [0.3, 0.4) is 0 Å². The molecule has 2 rings (SSSR count). The summed E-state index contributed by atoms with van der Waals surface area (Å²) in [5.41, 5.74) is 2.35. The molecule has 0 saturated heterocycles. The van der Waals surface area contributed by atoms with Crippen LogP contribution in [0.1, 0.15) is 31.9 Å². The first kappa shape index (κ1) is 17.9. The summed E-state index contributed by atoms with van der Waals surface area (Å²) in [5, 5.41) is 2.67. The van der Waals surface area contributed by atoms with Crippen molar-refractivity contribution in [1.82, 2.24) is 5.32 Å². The third kappa shape index (κ3) is 5.95. The van der Waals surface area contributed by atoms with E-state index >= 15 is 0 Å². The fourth-order valence-corrected chi connectivity index (χ4v) is 2.14. The van der Waals surface area contributed by atoms with Crippen LogP contribution in [0, 0.1) is 0 Å². The summed E-state index contributed by atoms with van der Waals surface area (Å²) in [6.07, 6.45) is -0.438. The number of carbonyl (C=O) groups excluding carboxylic acids is 1. The molecule has 2 aromatic rings. The maximum atomic E-state index is 11.7. The second-order valence-corrected chi connectivity index (χ2v) is 6.61. The van der Waals surface area contributed by atoms with Crippen molar-refractivity contribution < 1.29 is 14.3 Å². The van der Waals surface area contributed by atoms with Crippen LogP contribution in [0.4, 0.5) is 4.79 Å². The zero-order chi connectivity index (χ0) is 17.4. The molecule has 0 spiro atoms. The molecule has 0 aliphatic carbocycles. The van der Waals surface area contributed by atoms with Crippen LogP contribution >= 0.6 is 0 Å². The molecule has 0 bridgehead atoms. The van der Waals surface area contributed by atoms with Crippen molar-refractivity contribution in [3.05, 3.63) is 65.7 Å². The molecule has 4 heteroatoms. The predicted octanol–water partition coefficient (Wildman–Crippen LogP) is 4.29. The number of ether oxygens (including phenoxy) is 2. The van der Waals surface area contributed by atoms with Crippen LogP contribution in [0.2, 0.25) is 0 Å². The molecular weight excluding hydrogens is 302 g/mol. The molecule has 24 heavy (non-hydrogen) atoms. The number of carbonyl (C=O) groups is 1. The maximum Gasteiger partial charge on any atom is 0.407 e. The largest absolute Gasteiger partial charge is 0.492 e. The molecule has 0 heterocycles. The highest BCUT2D eigenvalue weighted by Gasteiger charge is 2.13. The molecule has 1 N–H and O–H groups in total. The lowest BCUT2D eigenvalue weighted by atomic mass is 9.87. The fourth-order valence-electron chi connectivity index (χ4n) is 2.14. The molecule has 0 aliphatic heterocycles. The van der Waals surface area contributed by atoms with Gasteiger partial charge in [-0.05, 0) is 28.7 Å². The van der Waals surface area contributed by atoms with Gasteiger partial charge in [0.2, 0.25) is 0 Å². The van der Waals surface area contributed by atoms with Crippen molar-refractivity contribution in [3.8, 4) is 5.75 Å². The number of hydrogen-bond acceptors (Lipinski definition) is 3. The van der Waals surface area contributed by atoms with Gasteiger partial charge in [-0.1, -0.05) is 63.2 Å². The van der Waals surface area contributed by atoms with Gasteiger partial charge in [0.15, 0.2) is 0 Å². The Morgan fingerprint density at radius 2 is 1.67 bits per heavy atom. The fraction of sp³-hybridized carbons (Fsp3) is 0.350. The summed E-state index contributed by atoms with van der Waals surface area (Å²) in [6, 6.07) is 17.6. The van der Waals surface area contributed by atoms with Gasteiger partial charge in [-0.25, -0.2) is 4.79 Å². The van der Waals surface area contributed by atoms with E-state index in [0.29, 0.717) is 13.2 Å². The summed E-state index contributed by atoms with van der Waals surface area (Å²) in [5.74, 6) is 0.784. The highest BCUT2D eigenvalue weighted by molar-refractivity contribution is 5.67. The smallest absolute Gasteiger partial charge is 0.407 e. The SMILES string of the molecule is CC(C)(C)c1ccc(COC(=O)NCCOc2ccccc2)cc1. The van der Waals surface area contributed by atoms with E-state index in [1.165, 1.54) is 5.56 Å². The lowest BCUT2D eigenvalue weighted by Gasteiger charge is -2.19. The van der Waals surface area contributed by atoms with E-state index in [4.69, 9.17) is 9.47 Å². The second kappa shape index (κ2) is 8.39. The molecule has 0 saturated carbocycles. The highest BCUT2D eigenvalue weighted by atomic mass is 16.5.